The average molecular weight is 364 g/mol. The molecule has 0 fully saturated rings. The van der Waals surface area contributed by atoms with E-state index in [0.29, 0.717) is 13.2 Å². The summed E-state index contributed by atoms with van der Waals surface area (Å²) in [6.45, 7) is 7.67. The van der Waals surface area contributed by atoms with Crippen molar-refractivity contribution in [3.05, 3.63) is 76.7 Å². The molecular weight excluding hydrogens is 340 g/mol. The number of fused-ring (bicyclic) bond motifs is 1. The lowest BCUT2D eigenvalue weighted by Crippen LogP contribution is -2.25. The quantitative estimate of drug-likeness (QED) is 0.677. The van der Waals surface area contributed by atoms with Crippen molar-refractivity contribution >= 4 is 0 Å². The summed E-state index contributed by atoms with van der Waals surface area (Å²) in [7, 11) is 0. The molecule has 1 aliphatic heterocycles. The van der Waals surface area contributed by atoms with Gasteiger partial charge >= 0.3 is 0 Å². The number of aryl methyl sites for hydroxylation is 2. The number of ether oxygens (including phenoxy) is 2. The van der Waals surface area contributed by atoms with Crippen molar-refractivity contribution in [3.8, 4) is 11.5 Å². The lowest BCUT2D eigenvalue weighted by molar-refractivity contribution is 0.219. The molecule has 5 heteroatoms. The summed E-state index contributed by atoms with van der Waals surface area (Å²) in [5.41, 5.74) is 4.36. The molecule has 0 amide bonds. The van der Waals surface area contributed by atoms with Crippen LogP contribution in [0.5, 0.6) is 11.5 Å². The van der Waals surface area contributed by atoms with E-state index >= 15 is 0 Å². The topological polar surface area (TPSA) is 47.7 Å². The number of rotatable bonds is 5. The van der Waals surface area contributed by atoms with Crippen molar-refractivity contribution in [2.45, 2.75) is 33.5 Å². The van der Waals surface area contributed by atoms with E-state index in [0.717, 1.165) is 48.2 Å². The van der Waals surface area contributed by atoms with E-state index in [9.17, 15) is 0 Å². The Kier molecular flexibility index (Phi) is 5.12. The summed E-state index contributed by atoms with van der Waals surface area (Å²) in [6, 6.07) is 16.5. The highest BCUT2D eigenvalue weighted by molar-refractivity contribution is 5.34. The Balaban J connectivity index is 1.42. The highest BCUT2D eigenvalue weighted by Crippen LogP contribution is 2.24. The Morgan fingerprint density at radius 3 is 2.85 bits per heavy atom. The molecule has 0 bridgehead atoms. The van der Waals surface area contributed by atoms with Crippen molar-refractivity contribution < 1.29 is 14.0 Å². The Morgan fingerprint density at radius 2 is 2.00 bits per heavy atom. The summed E-state index contributed by atoms with van der Waals surface area (Å²) < 4.78 is 17.0. The van der Waals surface area contributed by atoms with Gasteiger partial charge in [0.15, 0.2) is 0 Å². The number of hydrogen-bond donors (Lipinski definition) is 0. The number of nitrogens with zero attached hydrogens (tertiary/aromatic N) is 2. The van der Waals surface area contributed by atoms with Gasteiger partial charge < -0.3 is 14.0 Å². The maximum atomic E-state index is 5.98. The predicted octanol–water partition coefficient (Wildman–Crippen LogP) is 4.27. The molecule has 0 unspecified atom stereocenters. The van der Waals surface area contributed by atoms with Crippen molar-refractivity contribution in [1.82, 2.24) is 10.1 Å². The van der Waals surface area contributed by atoms with E-state index in [2.05, 4.69) is 34.3 Å². The van der Waals surface area contributed by atoms with Gasteiger partial charge in [0.1, 0.15) is 30.5 Å². The minimum atomic E-state index is 0.468. The number of hydrogen-bond acceptors (Lipinski definition) is 5. The van der Waals surface area contributed by atoms with Crippen LogP contribution in [-0.2, 0) is 19.7 Å². The van der Waals surface area contributed by atoms with Gasteiger partial charge in [-0.05, 0) is 37.6 Å². The molecule has 0 N–H and O–H groups in total. The smallest absolute Gasteiger partial charge is 0.140 e. The third-order valence-electron chi connectivity index (χ3n) is 4.90. The summed E-state index contributed by atoms with van der Waals surface area (Å²) in [5, 5.41) is 3.98. The zero-order chi connectivity index (χ0) is 18.6. The first-order chi connectivity index (χ1) is 13.2. The highest BCUT2D eigenvalue weighted by atomic mass is 16.5. The minimum Gasteiger partial charge on any atom is -0.492 e. The van der Waals surface area contributed by atoms with Gasteiger partial charge in [0.05, 0.1) is 11.3 Å². The van der Waals surface area contributed by atoms with Gasteiger partial charge in [-0.25, -0.2) is 0 Å². The maximum absolute atomic E-state index is 5.98. The van der Waals surface area contributed by atoms with Gasteiger partial charge in [-0.3, -0.25) is 4.90 Å². The number of para-hydroxylation sites is 1. The Morgan fingerprint density at radius 1 is 1.11 bits per heavy atom. The largest absolute Gasteiger partial charge is 0.492 e. The molecule has 0 saturated carbocycles. The summed E-state index contributed by atoms with van der Waals surface area (Å²) >= 11 is 0. The van der Waals surface area contributed by atoms with Crippen LogP contribution < -0.4 is 9.47 Å². The van der Waals surface area contributed by atoms with Crippen molar-refractivity contribution in [2.75, 3.05) is 13.2 Å². The van der Waals surface area contributed by atoms with Crippen LogP contribution >= 0.6 is 0 Å². The predicted molar refractivity (Wildman–Crippen MR) is 103 cm³/mol. The number of benzene rings is 2. The maximum Gasteiger partial charge on any atom is 0.140 e. The first kappa shape index (κ1) is 17.6. The van der Waals surface area contributed by atoms with Crippen molar-refractivity contribution in [3.63, 3.8) is 0 Å². The molecule has 0 radical (unpaired) electrons. The molecular formula is C22H24N2O3. The van der Waals surface area contributed by atoms with E-state index in [1.165, 1.54) is 11.1 Å². The van der Waals surface area contributed by atoms with Gasteiger partial charge in [-0.2, -0.15) is 0 Å². The second-order valence-corrected chi connectivity index (χ2v) is 6.91. The zero-order valence-electron chi connectivity index (χ0n) is 15.8. The van der Waals surface area contributed by atoms with Gasteiger partial charge in [0, 0.05) is 25.2 Å². The molecule has 1 aromatic heterocycles. The fourth-order valence-electron chi connectivity index (χ4n) is 3.37. The lowest BCUT2D eigenvalue weighted by atomic mass is 10.1. The van der Waals surface area contributed by atoms with Crippen LogP contribution in [0.3, 0.4) is 0 Å². The monoisotopic (exact) mass is 364 g/mol. The van der Waals surface area contributed by atoms with Gasteiger partial charge in [-0.1, -0.05) is 35.5 Å². The molecule has 0 spiro atoms. The number of aromatic nitrogens is 1. The van der Waals surface area contributed by atoms with Crippen LogP contribution in [0.25, 0.3) is 0 Å². The van der Waals surface area contributed by atoms with E-state index in [4.69, 9.17) is 14.0 Å². The van der Waals surface area contributed by atoms with Crippen LogP contribution in [0.15, 0.2) is 53.1 Å². The first-order valence-electron chi connectivity index (χ1n) is 9.25. The summed E-state index contributed by atoms with van der Waals surface area (Å²) in [4.78, 5) is 2.40. The highest BCUT2D eigenvalue weighted by Gasteiger charge is 2.15. The summed E-state index contributed by atoms with van der Waals surface area (Å²) in [6.07, 6.45) is 0. The Bertz CT molecular complexity index is 900. The van der Waals surface area contributed by atoms with E-state index in [-0.39, 0.29) is 0 Å². The standard InChI is InChI=1S/C22H24N2O3/c1-16-21(17(2)27-23-16)15-26-20-8-5-6-18(12-20)13-24-10-11-25-22-9-4-3-7-19(22)14-24/h3-9,12H,10-11,13-15H2,1-2H3. The molecule has 3 aromatic rings. The molecule has 0 atom stereocenters. The first-order valence-corrected chi connectivity index (χ1v) is 9.25. The van der Waals surface area contributed by atoms with E-state index in [1.54, 1.807) is 0 Å². The molecule has 4 rings (SSSR count). The molecule has 2 aromatic carbocycles. The fourth-order valence-corrected chi connectivity index (χ4v) is 3.37. The molecule has 1 aliphatic rings. The van der Waals surface area contributed by atoms with Crippen LogP contribution in [0.4, 0.5) is 0 Å². The van der Waals surface area contributed by atoms with Crippen LogP contribution in [0.2, 0.25) is 0 Å². The lowest BCUT2D eigenvalue weighted by Gasteiger charge is -2.19. The SMILES string of the molecule is Cc1noc(C)c1COc1cccc(CN2CCOc3ccccc3C2)c1. The van der Waals surface area contributed by atoms with Crippen LogP contribution in [0, 0.1) is 13.8 Å². The van der Waals surface area contributed by atoms with Crippen LogP contribution in [0.1, 0.15) is 28.1 Å². The van der Waals surface area contributed by atoms with Gasteiger partial charge in [0.25, 0.3) is 0 Å². The molecule has 140 valence electrons. The van der Waals surface area contributed by atoms with Crippen LogP contribution in [-0.4, -0.2) is 23.2 Å². The Labute approximate surface area is 159 Å². The minimum absolute atomic E-state index is 0.468. The van der Waals surface area contributed by atoms with E-state index in [1.807, 2.05) is 38.1 Å². The fraction of sp³-hybridized carbons (Fsp3) is 0.318. The molecule has 2 heterocycles. The second-order valence-electron chi connectivity index (χ2n) is 6.91. The average Bonchev–Trinajstić information content (AvgIpc) is 2.87. The molecule has 0 saturated heterocycles. The van der Waals surface area contributed by atoms with Crippen molar-refractivity contribution in [2.24, 2.45) is 0 Å². The third kappa shape index (κ3) is 4.14. The van der Waals surface area contributed by atoms with Gasteiger partial charge in [-0.15, -0.1) is 0 Å². The third-order valence-corrected chi connectivity index (χ3v) is 4.90. The van der Waals surface area contributed by atoms with Gasteiger partial charge in [0.2, 0.25) is 0 Å². The molecule has 0 aliphatic carbocycles. The zero-order valence-corrected chi connectivity index (χ0v) is 15.8. The van der Waals surface area contributed by atoms with Crippen molar-refractivity contribution in [1.29, 1.82) is 0 Å². The summed E-state index contributed by atoms with van der Waals surface area (Å²) in [5.74, 6) is 2.67. The van der Waals surface area contributed by atoms with E-state index < -0.39 is 0 Å². The second kappa shape index (κ2) is 7.84. The normalized spacial score (nSPS) is 14.3. The molecule has 27 heavy (non-hydrogen) atoms. The Hall–Kier alpha value is -2.79. The molecule has 5 nitrogen and oxygen atoms in total.